The van der Waals surface area contributed by atoms with Crippen LogP contribution in [0.5, 0.6) is 0 Å². The maximum atomic E-state index is 12.4. The zero-order valence-electron chi connectivity index (χ0n) is 11.6. The lowest BCUT2D eigenvalue weighted by molar-refractivity contribution is 0.0708. The first kappa shape index (κ1) is 13.1. The number of rotatable bonds is 2. The molecule has 1 N–H and O–H groups in total. The lowest BCUT2D eigenvalue weighted by Gasteiger charge is -2.31. The number of hydrogen-bond acceptors (Lipinski definition) is 3. The number of nitrogens with one attached hydrogen (secondary N) is 1. The maximum absolute atomic E-state index is 12.4. The van der Waals surface area contributed by atoms with Crippen molar-refractivity contribution >= 4 is 5.91 Å². The zero-order chi connectivity index (χ0) is 13.3. The molecule has 1 fully saturated rings. The Balaban J connectivity index is 2.18. The molecule has 1 aliphatic heterocycles. The van der Waals surface area contributed by atoms with Crippen molar-refractivity contribution in [3.05, 3.63) is 17.5 Å². The molecule has 5 heteroatoms. The minimum absolute atomic E-state index is 0.104. The van der Waals surface area contributed by atoms with Crippen LogP contribution in [0.2, 0.25) is 0 Å². The first-order chi connectivity index (χ1) is 8.50. The van der Waals surface area contributed by atoms with Gasteiger partial charge in [-0.1, -0.05) is 0 Å². The van der Waals surface area contributed by atoms with Crippen molar-refractivity contribution in [3.8, 4) is 0 Å². The number of amides is 1. The molecule has 5 nitrogen and oxygen atoms in total. The molecular formula is C13H22N4O. The lowest BCUT2D eigenvalue weighted by Crippen LogP contribution is -2.51. The minimum Gasteiger partial charge on any atom is -0.336 e. The Morgan fingerprint density at radius 2 is 2.28 bits per heavy atom. The summed E-state index contributed by atoms with van der Waals surface area (Å²) in [5.74, 6) is 0.104. The first-order valence-corrected chi connectivity index (χ1v) is 6.57. The van der Waals surface area contributed by atoms with E-state index in [2.05, 4.69) is 31.2 Å². The Bertz CT molecular complexity index is 438. The van der Waals surface area contributed by atoms with E-state index in [1.54, 1.807) is 6.20 Å². The molecular weight excluding hydrogens is 228 g/mol. The van der Waals surface area contributed by atoms with Gasteiger partial charge in [-0.05, 0) is 27.7 Å². The van der Waals surface area contributed by atoms with Crippen molar-refractivity contribution in [3.63, 3.8) is 0 Å². The molecule has 1 aliphatic rings. The summed E-state index contributed by atoms with van der Waals surface area (Å²) in [6.45, 7) is 10.6. The topological polar surface area (TPSA) is 50.2 Å². The molecule has 0 aromatic carbocycles. The molecule has 1 atom stereocenters. The van der Waals surface area contributed by atoms with E-state index in [0.717, 1.165) is 30.9 Å². The molecule has 2 rings (SSSR count). The number of piperazine rings is 1. The van der Waals surface area contributed by atoms with Crippen molar-refractivity contribution in [2.75, 3.05) is 19.6 Å². The van der Waals surface area contributed by atoms with Crippen LogP contribution >= 0.6 is 0 Å². The summed E-state index contributed by atoms with van der Waals surface area (Å²) < 4.78 is 1.90. The highest BCUT2D eigenvalue weighted by Crippen LogP contribution is 2.15. The number of carbonyl (C=O) groups excluding carboxylic acids is 1. The standard InChI is InChI=1S/C13H22N4O/c1-9(2)17-11(4)12(7-15-17)13(18)16-6-5-14-10(3)8-16/h7,9-10,14H,5-6,8H2,1-4H3/t10-/m1/s1. The molecule has 0 bridgehead atoms. The first-order valence-electron chi connectivity index (χ1n) is 6.57. The van der Waals surface area contributed by atoms with Crippen molar-refractivity contribution in [2.24, 2.45) is 0 Å². The molecule has 0 unspecified atom stereocenters. The molecule has 1 aromatic heterocycles. The second-order valence-corrected chi connectivity index (χ2v) is 5.29. The van der Waals surface area contributed by atoms with E-state index >= 15 is 0 Å². The second kappa shape index (κ2) is 5.10. The van der Waals surface area contributed by atoms with Crippen molar-refractivity contribution in [1.82, 2.24) is 20.0 Å². The van der Waals surface area contributed by atoms with Crippen LogP contribution in [0.15, 0.2) is 6.20 Å². The van der Waals surface area contributed by atoms with E-state index in [1.807, 2.05) is 16.5 Å². The Hall–Kier alpha value is -1.36. The van der Waals surface area contributed by atoms with E-state index in [1.165, 1.54) is 0 Å². The summed E-state index contributed by atoms with van der Waals surface area (Å²) in [5.41, 5.74) is 1.69. The predicted molar refractivity (Wildman–Crippen MR) is 70.7 cm³/mol. The van der Waals surface area contributed by atoms with Crippen LogP contribution in [0.4, 0.5) is 0 Å². The molecule has 18 heavy (non-hydrogen) atoms. The quantitative estimate of drug-likeness (QED) is 0.858. The highest BCUT2D eigenvalue weighted by atomic mass is 16.2. The molecule has 0 aliphatic carbocycles. The number of carbonyl (C=O) groups is 1. The van der Waals surface area contributed by atoms with E-state index in [4.69, 9.17) is 0 Å². The van der Waals surface area contributed by atoms with Crippen LogP contribution in [0.1, 0.15) is 42.9 Å². The van der Waals surface area contributed by atoms with E-state index < -0.39 is 0 Å². The summed E-state index contributed by atoms with van der Waals surface area (Å²) in [7, 11) is 0. The van der Waals surface area contributed by atoms with Crippen LogP contribution in [0.3, 0.4) is 0 Å². The molecule has 1 amide bonds. The van der Waals surface area contributed by atoms with Crippen molar-refractivity contribution in [1.29, 1.82) is 0 Å². The second-order valence-electron chi connectivity index (χ2n) is 5.29. The van der Waals surface area contributed by atoms with Crippen LogP contribution in [-0.2, 0) is 0 Å². The van der Waals surface area contributed by atoms with Crippen molar-refractivity contribution in [2.45, 2.75) is 39.8 Å². The molecule has 0 radical (unpaired) electrons. The van der Waals surface area contributed by atoms with Crippen LogP contribution in [0.25, 0.3) is 0 Å². The number of aromatic nitrogens is 2. The normalized spacial score (nSPS) is 20.5. The molecule has 2 heterocycles. The van der Waals surface area contributed by atoms with Gasteiger partial charge in [0.2, 0.25) is 0 Å². The average Bonchev–Trinajstić information content (AvgIpc) is 2.70. The monoisotopic (exact) mass is 250 g/mol. The largest absolute Gasteiger partial charge is 0.336 e. The van der Waals surface area contributed by atoms with E-state index in [9.17, 15) is 4.79 Å². The fourth-order valence-electron chi connectivity index (χ4n) is 2.44. The third kappa shape index (κ3) is 2.41. The van der Waals surface area contributed by atoms with Gasteiger partial charge in [-0.15, -0.1) is 0 Å². The Morgan fingerprint density at radius 1 is 1.56 bits per heavy atom. The summed E-state index contributed by atoms with van der Waals surface area (Å²) in [6.07, 6.45) is 1.70. The Morgan fingerprint density at radius 3 is 2.83 bits per heavy atom. The summed E-state index contributed by atoms with van der Waals surface area (Å²) in [4.78, 5) is 14.4. The maximum Gasteiger partial charge on any atom is 0.257 e. The fourth-order valence-corrected chi connectivity index (χ4v) is 2.44. The van der Waals surface area contributed by atoms with Gasteiger partial charge < -0.3 is 10.2 Å². The van der Waals surface area contributed by atoms with Crippen LogP contribution < -0.4 is 5.32 Å². The third-order valence-corrected chi connectivity index (χ3v) is 3.42. The highest BCUT2D eigenvalue weighted by Gasteiger charge is 2.24. The van der Waals surface area contributed by atoms with Crippen LogP contribution in [0, 0.1) is 6.92 Å². The van der Waals surface area contributed by atoms with Gasteiger partial charge in [0, 0.05) is 37.4 Å². The molecule has 1 aromatic rings. The van der Waals surface area contributed by atoms with Gasteiger partial charge >= 0.3 is 0 Å². The Labute approximate surface area is 108 Å². The lowest BCUT2D eigenvalue weighted by atomic mass is 10.1. The number of nitrogens with zero attached hydrogens (tertiary/aromatic N) is 3. The molecule has 1 saturated heterocycles. The highest BCUT2D eigenvalue weighted by molar-refractivity contribution is 5.95. The molecule has 0 saturated carbocycles. The Kier molecular flexibility index (Phi) is 3.71. The van der Waals surface area contributed by atoms with Crippen molar-refractivity contribution < 1.29 is 4.79 Å². The van der Waals surface area contributed by atoms with Gasteiger partial charge in [-0.25, -0.2) is 0 Å². The zero-order valence-corrected chi connectivity index (χ0v) is 11.6. The summed E-state index contributed by atoms with van der Waals surface area (Å²) >= 11 is 0. The van der Waals surface area contributed by atoms with Gasteiger partial charge in [-0.2, -0.15) is 5.10 Å². The van der Waals surface area contributed by atoms with Crippen LogP contribution in [-0.4, -0.2) is 46.3 Å². The van der Waals surface area contributed by atoms with Gasteiger partial charge in [0.25, 0.3) is 5.91 Å². The number of hydrogen-bond donors (Lipinski definition) is 1. The molecule has 100 valence electrons. The van der Waals surface area contributed by atoms with Gasteiger partial charge in [0.15, 0.2) is 0 Å². The van der Waals surface area contributed by atoms with Gasteiger partial charge in [0.05, 0.1) is 11.8 Å². The SMILES string of the molecule is Cc1c(C(=O)N2CCN[C@H](C)C2)cnn1C(C)C. The van der Waals surface area contributed by atoms with E-state index in [-0.39, 0.29) is 11.9 Å². The third-order valence-electron chi connectivity index (χ3n) is 3.42. The molecule has 0 spiro atoms. The smallest absolute Gasteiger partial charge is 0.257 e. The summed E-state index contributed by atoms with van der Waals surface area (Å²) in [6, 6.07) is 0.650. The van der Waals surface area contributed by atoms with Gasteiger partial charge in [-0.3, -0.25) is 9.48 Å². The average molecular weight is 250 g/mol. The van der Waals surface area contributed by atoms with E-state index in [0.29, 0.717) is 6.04 Å². The fraction of sp³-hybridized carbons (Fsp3) is 0.692. The van der Waals surface area contributed by atoms with Gasteiger partial charge in [0.1, 0.15) is 0 Å². The predicted octanol–water partition coefficient (Wildman–Crippen LogP) is 1.21. The summed E-state index contributed by atoms with van der Waals surface area (Å²) in [5, 5.41) is 7.65. The minimum atomic E-state index is 0.104.